The molecule has 1 aromatic heterocycles. The number of aromatic nitrogens is 3. The molecule has 1 heterocycles. The number of carbonyl (C=O) groups excluding carboxylic acids is 1. The van der Waals surface area contributed by atoms with Gasteiger partial charge in [0, 0.05) is 15.7 Å². The van der Waals surface area contributed by atoms with E-state index in [0.717, 1.165) is 21.3 Å². The van der Waals surface area contributed by atoms with E-state index in [1.165, 1.54) is 12.1 Å². The third-order valence-corrected chi connectivity index (χ3v) is 5.37. The Labute approximate surface area is 181 Å². The highest BCUT2D eigenvalue weighted by atomic mass is 79.9. The third kappa shape index (κ3) is 4.02. The average Bonchev–Trinajstić information content (AvgIpc) is 3.18. The summed E-state index contributed by atoms with van der Waals surface area (Å²) in [6.07, 6.45) is 0. The molecule has 0 saturated heterocycles. The Bertz CT molecular complexity index is 1150. The maximum Gasteiger partial charge on any atom is 0.295 e. The number of nitrogens with one attached hydrogen (secondary N) is 1. The Morgan fingerprint density at radius 3 is 2.40 bits per heavy atom. The van der Waals surface area contributed by atoms with Crippen LogP contribution in [0.1, 0.15) is 21.7 Å². The fourth-order valence-electron chi connectivity index (χ4n) is 3.02. The van der Waals surface area contributed by atoms with Crippen LogP contribution >= 0.6 is 15.9 Å². The van der Waals surface area contributed by atoms with Crippen LogP contribution < -0.4 is 5.32 Å². The minimum absolute atomic E-state index is 0.0261. The Morgan fingerprint density at radius 2 is 1.70 bits per heavy atom. The summed E-state index contributed by atoms with van der Waals surface area (Å²) in [5.74, 6) is -0.286. The van der Waals surface area contributed by atoms with Crippen LogP contribution in [0.3, 0.4) is 0 Å². The fourth-order valence-corrected chi connectivity index (χ4v) is 3.29. The van der Waals surface area contributed by atoms with Crippen molar-refractivity contribution in [3.63, 3.8) is 0 Å². The number of hydrogen-bond acceptors (Lipinski definition) is 3. The van der Waals surface area contributed by atoms with Crippen LogP contribution in [0.5, 0.6) is 0 Å². The van der Waals surface area contributed by atoms with Crippen LogP contribution in [0.25, 0.3) is 17.1 Å². The van der Waals surface area contributed by atoms with E-state index in [1.807, 2.05) is 56.3 Å². The zero-order valence-corrected chi connectivity index (χ0v) is 17.9. The number of aryl methyl sites for hydroxylation is 1. The van der Waals surface area contributed by atoms with Gasteiger partial charge in [-0.3, -0.25) is 4.79 Å². The molecule has 0 aliphatic carbocycles. The fraction of sp³-hybridized carbons (Fsp3) is 0.0870. The number of nitrogens with zero attached hydrogens (tertiary/aromatic N) is 3. The van der Waals surface area contributed by atoms with Gasteiger partial charge in [-0.25, -0.2) is 14.1 Å². The predicted octanol–water partition coefficient (Wildman–Crippen LogP) is 5.71. The van der Waals surface area contributed by atoms with Crippen molar-refractivity contribution in [1.82, 2.24) is 14.8 Å². The molecule has 150 valence electrons. The highest BCUT2D eigenvalue weighted by Crippen LogP contribution is 2.24. The molecule has 30 heavy (non-hydrogen) atoms. The van der Waals surface area contributed by atoms with Crippen molar-refractivity contribution in [1.29, 1.82) is 0 Å². The minimum Gasteiger partial charge on any atom is -0.319 e. The summed E-state index contributed by atoms with van der Waals surface area (Å²) in [5, 5.41) is 7.33. The molecular weight excluding hydrogens is 447 g/mol. The Kier molecular flexibility index (Phi) is 5.46. The number of benzene rings is 3. The lowest BCUT2D eigenvalue weighted by atomic mass is 10.1. The molecule has 1 amide bonds. The van der Waals surface area contributed by atoms with Gasteiger partial charge in [-0.1, -0.05) is 28.1 Å². The first-order valence-corrected chi connectivity index (χ1v) is 10.1. The van der Waals surface area contributed by atoms with Gasteiger partial charge in [-0.15, -0.1) is 5.10 Å². The van der Waals surface area contributed by atoms with Crippen molar-refractivity contribution in [2.45, 2.75) is 13.8 Å². The van der Waals surface area contributed by atoms with Gasteiger partial charge in [0.2, 0.25) is 5.82 Å². The number of rotatable bonds is 4. The minimum atomic E-state index is -0.414. The number of hydrogen-bond donors (Lipinski definition) is 1. The van der Waals surface area contributed by atoms with Crippen molar-refractivity contribution in [3.8, 4) is 17.1 Å². The van der Waals surface area contributed by atoms with Crippen molar-refractivity contribution in [3.05, 3.63) is 94.0 Å². The summed E-state index contributed by atoms with van der Waals surface area (Å²) in [6.45, 7) is 3.93. The molecule has 4 rings (SSSR count). The van der Waals surface area contributed by atoms with E-state index in [4.69, 9.17) is 0 Å². The van der Waals surface area contributed by atoms with Crippen LogP contribution in [-0.2, 0) is 0 Å². The molecule has 0 fully saturated rings. The van der Waals surface area contributed by atoms with Crippen molar-refractivity contribution >= 4 is 27.5 Å². The van der Waals surface area contributed by atoms with Gasteiger partial charge in [0.05, 0.1) is 5.69 Å². The molecule has 0 saturated carbocycles. The molecule has 5 nitrogen and oxygen atoms in total. The van der Waals surface area contributed by atoms with Crippen molar-refractivity contribution < 1.29 is 9.18 Å². The monoisotopic (exact) mass is 464 g/mol. The molecule has 0 bridgehead atoms. The second kappa shape index (κ2) is 8.20. The Morgan fingerprint density at radius 1 is 1.00 bits per heavy atom. The van der Waals surface area contributed by atoms with E-state index >= 15 is 0 Å². The molecule has 0 aliphatic heterocycles. The summed E-state index contributed by atoms with van der Waals surface area (Å²) in [6, 6.07) is 19.1. The molecule has 7 heteroatoms. The normalized spacial score (nSPS) is 10.8. The second-order valence-corrected chi connectivity index (χ2v) is 7.77. The van der Waals surface area contributed by atoms with E-state index in [1.54, 1.807) is 16.8 Å². The second-order valence-electron chi connectivity index (χ2n) is 6.86. The smallest absolute Gasteiger partial charge is 0.295 e. The van der Waals surface area contributed by atoms with E-state index in [0.29, 0.717) is 17.1 Å². The molecule has 3 aromatic carbocycles. The van der Waals surface area contributed by atoms with Gasteiger partial charge < -0.3 is 5.32 Å². The molecule has 0 atom stereocenters. The molecule has 0 unspecified atom stereocenters. The standard InChI is InChI=1S/C23H18BrFN4O/c1-14-4-3-5-20(15(14)2)26-23(30)21-27-22(16-6-10-18(25)11-7-16)29(28-21)19-12-8-17(24)9-13-19/h3-13H,1-2H3,(H,26,30). The van der Waals surface area contributed by atoms with E-state index < -0.39 is 5.91 Å². The van der Waals surface area contributed by atoms with E-state index in [2.05, 4.69) is 31.3 Å². The first-order chi connectivity index (χ1) is 14.4. The van der Waals surface area contributed by atoms with Gasteiger partial charge in [-0.05, 0) is 79.6 Å². The lowest BCUT2D eigenvalue weighted by molar-refractivity contribution is 0.101. The molecule has 1 N–H and O–H groups in total. The van der Waals surface area contributed by atoms with Crippen LogP contribution in [0.15, 0.2) is 71.2 Å². The quantitative estimate of drug-likeness (QED) is 0.420. The largest absolute Gasteiger partial charge is 0.319 e. The molecule has 0 aliphatic rings. The van der Waals surface area contributed by atoms with Crippen LogP contribution in [0, 0.1) is 19.7 Å². The number of carbonyl (C=O) groups is 1. The zero-order chi connectivity index (χ0) is 21.3. The van der Waals surface area contributed by atoms with E-state index in [-0.39, 0.29) is 11.6 Å². The van der Waals surface area contributed by atoms with Crippen LogP contribution in [0.2, 0.25) is 0 Å². The van der Waals surface area contributed by atoms with Gasteiger partial charge >= 0.3 is 0 Å². The maximum absolute atomic E-state index is 13.4. The van der Waals surface area contributed by atoms with Gasteiger partial charge in [0.1, 0.15) is 5.82 Å². The average molecular weight is 465 g/mol. The highest BCUT2D eigenvalue weighted by Gasteiger charge is 2.19. The SMILES string of the molecule is Cc1cccc(NC(=O)c2nc(-c3ccc(F)cc3)n(-c3ccc(Br)cc3)n2)c1C. The number of amides is 1. The first-order valence-electron chi connectivity index (χ1n) is 9.29. The molecule has 0 spiro atoms. The van der Waals surface area contributed by atoms with Gasteiger partial charge in [0.25, 0.3) is 5.91 Å². The summed E-state index contributed by atoms with van der Waals surface area (Å²) in [7, 11) is 0. The topological polar surface area (TPSA) is 59.8 Å². The summed E-state index contributed by atoms with van der Waals surface area (Å²) in [5.41, 5.74) is 4.15. The molecule has 4 aromatic rings. The van der Waals surface area contributed by atoms with Crippen LogP contribution in [0.4, 0.5) is 10.1 Å². The van der Waals surface area contributed by atoms with E-state index in [9.17, 15) is 9.18 Å². The van der Waals surface area contributed by atoms with Gasteiger partial charge in [0.15, 0.2) is 5.82 Å². The zero-order valence-electron chi connectivity index (χ0n) is 16.4. The molecule has 0 radical (unpaired) electrons. The lowest BCUT2D eigenvalue weighted by Crippen LogP contribution is -2.15. The van der Waals surface area contributed by atoms with Crippen molar-refractivity contribution in [2.75, 3.05) is 5.32 Å². The summed E-state index contributed by atoms with van der Waals surface area (Å²) < 4.78 is 15.9. The summed E-state index contributed by atoms with van der Waals surface area (Å²) in [4.78, 5) is 17.4. The first kappa shape index (κ1) is 20.0. The Hall–Kier alpha value is -3.32. The van der Waals surface area contributed by atoms with Gasteiger partial charge in [-0.2, -0.15) is 0 Å². The van der Waals surface area contributed by atoms with Crippen LogP contribution in [-0.4, -0.2) is 20.7 Å². The number of anilines is 1. The lowest BCUT2D eigenvalue weighted by Gasteiger charge is -2.08. The van der Waals surface area contributed by atoms with Crippen molar-refractivity contribution in [2.24, 2.45) is 0 Å². The summed E-state index contributed by atoms with van der Waals surface area (Å²) >= 11 is 3.42. The Balaban J connectivity index is 1.76. The highest BCUT2D eigenvalue weighted by molar-refractivity contribution is 9.10. The number of halogens is 2. The maximum atomic E-state index is 13.4. The predicted molar refractivity (Wildman–Crippen MR) is 118 cm³/mol. The third-order valence-electron chi connectivity index (χ3n) is 4.84. The molecular formula is C23H18BrFN4O.